The normalized spacial score (nSPS) is 12.8. The summed E-state index contributed by atoms with van der Waals surface area (Å²) in [5.41, 5.74) is 0.838. The van der Waals surface area contributed by atoms with Gasteiger partial charge in [0.2, 0.25) is 10.0 Å². The van der Waals surface area contributed by atoms with Crippen molar-refractivity contribution in [2.45, 2.75) is 17.7 Å². The monoisotopic (exact) mass is 398 g/mol. The van der Waals surface area contributed by atoms with Crippen LogP contribution in [0.1, 0.15) is 18.4 Å². The lowest BCUT2D eigenvalue weighted by atomic mass is 10.0. The van der Waals surface area contributed by atoms with Crippen molar-refractivity contribution in [1.29, 1.82) is 0 Å². The van der Waals surface area contributed by atoms with E-state index in [0.29, 0.717) is 0 Å². The van der Waals surface area contributed by atoms with Crippen LogP contribution in [0, 0.1) is 10.1 Å². The largest absolute Gasteiger partial charge is 0.269 e. The Morgan fingerprint density at radius 2 is 1.70 bits per heavy atom. The second-order valence-corrected chi connectivity index (χ2v) is 7.74. The molecule has 0 aliphatic rings. The first-order chi connectivity index (χ1) is 10.8. The lowest BCUT2D eigenvalue weighted by Crippen LogP contribution is -2.27. The van der Waals surface area contributed by atoms with Crippen LogP contribution < -0.4 is 4.72 Å². The Bertz CT molecular complexity index is 789. The molecule has 0 fully saturated rings. The van der Waals surface area contributed by atoms with Gasteiger partial charge in [0.1, 0.15) is 0 Å². The van der Waals surface area contributed by atoms with Crippen molar-refractivity contribution >= 4 is 31.6 Å². The Kier molecular flexibility index (Phi) is 5.51. The maximum Gasteiger partial charge on any atom is 0.269 e. The van der Waals surface area contributed by atoms with Gasteiger partial charge < -0.3 is 0 Å². The Morgan fingerprint density at radius 1 is 1.13 bits per heavy atom. The van der Waals surface area contributed by atoms with E-state index < -0.39 is 14.9 Å². The number of rotatable bonds is 6. The quantitative estimate of drug-likeness (QED) is 0.595. The molecule has 6 nitrogen and oxygen atoms in total. The molecule has 1 N–H and O–H groups in total. The molecule has 2 aromatic carbocycles. The summed E-state index contributed by atoms with van der Waals surface area (Å²) in [7, 11) is -3.58. The molecule has 0 radical (unpaired) electrons. The number of nitrogens with zero attached hydrogens (tertiary/aromatic N) is 1. The van der Waals surface area contributed by atoms with Crippen molar-refractivity contribution in [3.63, 3.8) is 0 Å². The van der Waals surface area contributed by atoms with Crippen LogP contribution in [0.15, 0.2) is 57.9 Å². The third-order valence-electron chi connectivity index (χ3n) is 3.38. The fraction of sp³-hybridized carbons (Fsp3) is 0.200. The Morgan fingerprint density at radius 3 is 2.22 bits per heavy atom. The van der Waals surface area contributed by atoms with Crippen LogP contribution in [0.25, 0.3) is 0 Å². The van der Waals surface area contributed by atoms with Crippen LogP contribution in [0.3, 0.4) is 0 Å². The number of sulfonamides is 1. The molecule has 23 heavy (non-hydrogen) atoms. The highest BCUT2D eigenvalue weighted by molar-refractivity contribution is 9.10. The first kappa shape index (κ1) is 17.6. The van der Waals surface area contributed by atoms with E-state index in [9.17, 15) is 18.5 Å². The highest BCUT2D eigenvalue weighted by Crippen LogP contribution is 2.20. The van der Waals surface area contributed by atoms with Crippen molar-refractivity contribution < 1.29 is 13.3 Å². The van der Waals surface area contributed by atoms with E-state index in [1.807, 2.05) is 6.92 Å². The van der Waals surface area contributed by atoms with Crippen LogP contribution >= 0.6 is 15.9 Å². The second kappa shape index (κ2) is 7.20. The predicted molar refractivity (Wildman–Crippen MR) is 90.8 cm³/mol. The minimum Gasteiger partial charge on any atom is -0.258 e. The third kappa shape index (κ3) is 4.60. The van der Waals surface area contributed by atoms with E-state index >= 15 is 0 Å². The summed E-state index contributed by atoms with van der Waals surface area (Å²) in [6.45, 7) is 2.06. The molecule has 0 spiro atoms. The smallest absolute Gasteiger partial charge is 0.258 e. The summed E-state index contributed by atoms with van der Waals surface area (Å²) in [4.78, 5) is 10.4. The molecule has 0 heterocycles. The number of hydrogen-bond donors (Lipinski definition) is 1. The second-order valence-electron chi connectivity index (χ2n) is 5.06. The van der Waals surface area contributed by atoms with Crippen LogP contribution in [-0.4, -0.2) is 19.9 Å². The van der Waals surface area contributed by atoms with Gasteiger partial charge in [-0.1, -0.05) is 35.0 Å². The molecule has 0 aliphatic heterocycles. The summed E-state index contributed by atoms with van der Waals surface area (Å²) in [6, 6.07) is 12.5. The fourth-order valence-electron chi connectivity index (χ4n) is 1.97. The van der Waals surface area contributed by atoms with Gasteiger partial charge in [-0.05, 0) is 35.7 Å². The summed E-state index contributed by atoms with van der Waals surface area (Å²) >= 11 is 3.26. The molecule has 2 rings (SSSR count). The molecule has 0 bridgehead atoms. The van der Waals surface area contributed by atoms with E-state index in [1.165, 1.54) is 24.3 Å². The molecule has 0 saturated carbocycles. The summed E-state index contributed by atoms with van der Waals surface area (Å²) in [5, 5.41) is 10.6. The molecular weight excluding hydrogens is 384 g/mol. The summed E-state index contributed by atoms with van der Waals surface area (Å²) in [6.07, 6.45) is 0. The molecule has 0 aromatic heterocycles. The molecule has 0 aliphatic carbocycles. The van der Waals surface area contributed by atoms with Gasteiger partial charge in [-0.2, -0.15) is 0 Å². The van der Waals surface area contributed by atoms with E-state index in [0.717, 1.165) is 10.0 Å². The number of benzene rings is 2. The van der Waals surface area contributed by atoms with Crippen LogP contribution in [0.2, 0.25) is 0 Å². The Balaban J connectivity index is 2.04. The van der Waals surface area contributed by atoms with Gasteiger partial charge in [-0.3, -0.25) is 10.1 Å². The SMILES string of the molecule is CC(CNS(=O)(=O)c1ccc(Br)cc1)c1ccc([N+](=O)[O-])cc1. The standard InChI is InChI=1S/C15H15BrN2O4S/c1-11(12-2-6-14(7-3-12)18(19)20)10-17-23(21,22)15-8-4-13(16)5-9-15/h2-9,11,17H,10H2,1H3. The number of nitrogens with one attached hydrogen (secondary N) is 1. The minimum absolute atomic E-state index is 0.0105. The van der Waals surface area contributed by atoms with Gasteiger partial charge in [0.05, 0.1) is 9.82 Å². The topological polar surface area (TPSA) is 89.3 Å². The van der Waals surface area contributed by atoms with Crippen LogP contribution in [0.5, 0.6) is 0 Å². The van der Waals surface area contributed by atoms with Gasteiger partial charge >= 0.3 is 0 Å². The zero-order chi connectivity index (χ0) is 17.0. The summed E-state index contributed by atoms with van der Waals surface area (Å²) < 4.78 is 27.8. The Labute approximate surface area is 142 Å². The average Bonchev–Trinajstić information content (AvgIpc) is 2.53. The number of non-ortho nitro benzene ring substituents is 1. The van der Waals surface area contributed by atoms with Gasteiger partial charge in [0.15, 0.2) is 0 Å². The van der Waals surface area contributed by atoms with Crippen LogP contribution in [0.4, 0.5) is 5.69 Å². The van der Waals surface area contributed by atoms with Gasteiger partial charge in [0, 0.05) is 23.2 Å². The zero-order valence-electron chi connectivity index (χ0n) is 12.3. The maximum absolute atomic E-state index is 12.2. The summed E-state index contributed by atoms with van der Waals surface area (Å²) in [5.74, 6) is -0.110. The molecule has 122 valence electrons. The van der Waals surface area contributed by atoms with Crippen molar-refractivity contribution in [2.24, 2.45) is 0 Å². The lowest BCUT2D eigenvalue weighted by Gasteiger charge is -2.13. The lowest BCUT2D eigenvalue weighted by molar-refractivity contribution is -0.384. The average molecular weight is 399 g/mol. The number of nitro groups is 1. The molecule has 0 saturated heterocycles. The third-order valence-corrected chi connectivity index (χ3v) is 5.34. The van der Waals surface area contributed by atoms with Crippen molar-refractivity contribution in [3.8, 4) is 0 Å². The molecular formula is C15H15BrN2O4S. The van der Waals surface area contributed by atoms with Crippen LogP contribution in [-0.2, 0) is 10.0 Å². The fourth-order valence-corrected chi connectivity index (χ4v) is 3.37. The molecule has 2 aromatic rings. The molecule has 0 amide bonds. The minimum atomic E-state index is -3.58. The molecule has 1 atom stereocenters. The first-order valence-electron chi connectivity index (χ1n) is 6.79. The van der Waals surface area contributed by atoms with E-state index in [-0.39, 0.29) is 23.0 Å². The highest BCUT2D eigenvalue weighted by Gasteiger charge is 2.16. The number of hydrogen-bond acceptors (Lipinski definition) is 4. The van der Waals surface area contributed by atoms with Crippen molar-refractivity contribution in [2.75, 3.05) is 6.54 Å². The first-order valence-corrected chi connectivity index (χ1v) is 9.07. The zero-order valence-corrected chi connectivity index (χ0v) is 14.7. The number of nitro benzene ring substituents is 1. The predicted octanol–water partition coefficient (Wildman–Crippen LogP) is 3.44. The van der Waals surface area contributed by atoms with E-state index in [4.69, 9.17) is 0 Å². The van der Waals surface area contributed by atoms with E-state index in [2.05, 4.69) is 20.7 Å². The van der Waals surface area contributed by atoms with Gasteiger partial charge in [-0.25, -0.2) is 13.1 Å². The number of halogens is 1. The molecule has 1 unspecified atom stereocenters. The maximum atomic E-state index is 12.2. The van der Waals surface area contributed by atoms with Gasteiger partial charge in [0.25, 0.3) is 5.69 Å². The Hall–Kier alpha value is -1.77. The van der Waals surface area contributed by atoms with E-state index in [1.54, 1.807) is 24.3 Å². The van der Waals surface area contributed by atoms with Crippen molar-refractivity contribution in [3.05, 3.63) is 68.7 Å². The molecule has 8 heteroatoms. The highest BCUT2D eigenvalue weighted by atomic mass is 79.9. The van der Waals surface area contributed by atoms with Crippen molar-refractivity contribution in [1.82, 2.24) is 4.72 Å². The van der Waals surface area contributed by atoms with Gasteiger partial charge in [-0.15, -0.1) is 0 Å².